The minimum Gasteiger partial charge on any atom is -0.481 e. The first-order valence-electron chi connectivity index (χ1n) is 6.07. The van der Waals surface area contributed by atoms with Crippen LogP contribution in [0.15, 0.2) is 12.1 Å². The van der Waals surface area contributed by atoms with Crippen molar-refractivity contribution in [2.45, 2.75) is 32.5 Å². The van der Waals surface area contributed by atoms with E-state index in [1.54, 1.807) is 19.1 Å². The molecule has 1 aromatic heterocycles. The second-order valence-corrected chi connectivity index (χ2v) is 4.31. The second kappa shape index (κ2) is 7.06. The standard InChI is InChI=1S/C13H20N2O4/c1-8-10(4-5-12(15-8)19-3)13(18)11(17)6-7-14-9(2)16/h4-5,11,13,17-18H,6-7H2,1-3H3,(H,14,16). The number of aliphatic hydroxyl groups excluding tert-OH is 2. The van der Waals surface area contributed by atoms with Crippen molar-refractivity contribution in [2.75, 3.05) is 13.7 Å². The molecular formula is C13H20N2O4. The summed E-state index contributed by atoms with van der Waals surface area (Å²) in [7, 11) is 1.51. The van der Waals surface area contributed by atoms with Crippen molar-refractivity contribution in [2.24, 2.45) is 0 Å². The summed E-state index contributed by atoms with van der Waals surface area (Å²) in [5.41, 5.74) is 1.15. The molecule has 106 valence electrons. The lowest BCUT2D eigenvalue weighted by molar-refractivity contribution is -0.119. The molecule has 1 heterocycles. The summed E-state index contributed by atoms with van der Waals surface area (Å²) in [6.45, 7) is 3.46. The Morgan fingerprint density at radius 3 is 2.68 bits per heavy atom. The van der Waals surface area contributed by atoms with Gasteiger partial charge in [0.2, 0.25) is 11.8 Å². The van der Waals surface area contributed by atoms with E-state index < -0.39 is 12.2 Å². The van der Waals surface area contributed by atoms with E-state index in [1.165, 1.54) is 14.0 Å². The molecule has 0 aliphatic carbocycles. The van der Waals surface area contributed by atoms with Crippen molar-refractivity contribution in [3.63, 3.8) is 0 Å². The van der Waals surface area contributed by atoms with E-state index in [4.69, 9.17) is 4.74 Å². The second-order valence-electron chi connectivity index (χ2n) is 4.31. The van der Waals surface area contributed by atoms with Gasteiger partial charge in [-0.25, -0.2) is 4.98 Å². The third-order valence-corrected chi connectivity index (χ3v) is 2.81. The average Bonchev–Trinajstić information content (AvgIpc) is 2.37. The van der Waals surface area contributed by atoms with Crippen LogP contribution in [0.5, 0.6) is 5.88 Å². The maximum Gasteiger partial charge on any atom is 0.216 e. The normalized spacial score (nSPS) is 13.7. The van der Waals surface area contributed by atoms with E-state index in [-0.39, 0.29) is 12.3 Å². The highest BCUT2D eigenvalue weighted by Gasteiger charge is 2.20. The van der Waals surface area contributed by atoms with E-state index in [0.717, 1.165) is 0 Å². The van der Waals surface area contributed by atoms with Crippen molar-refractivity contribution in [1.82, 2.24) is 10.3 Å². The number of nitrogens with zero attached hydrogens (tertiary/aromatic N) is 1. The Labute approximate surface area is 112 Å². The number of aryl methyl sites for hydroxylation is 1. The summed E-state index contributed by atoms with van der Waals surface area (Å²) >= 11 is 0. The molecule has 0 aliphatic heterocycles. The van der Waals surface area contributed by atoms with Crippen LogP contribution in [-0.2, 0) is 4.79 Å². The largest absolute Gasteiger partial charge is 0.481 e. The summed E-state index contributed by atoms with van der Waals surface area (Å²) in [6.07, 6.45) is -1.72. The molecule has 1 aromatic rings. The zero-order valence-electron chi connectivity index (χ0n) is 11.4. The minimum atomic E-state index is -1.04. The van der Waals surface area contributed by atoms with E-state index in [1.807, 2.05) is 0 Å². The quantitative estimate of drug-likeness (QED) is 0.691. The lowest BCUT2D eigenvalue weighted by Crippen LogP contribution is -2.28. The van der Waals surface area contributed by atoms with Gasteiger partial charge in [-0.1, -0.05) is 0 Å². The highest BCUT2D eigenvalue weighted by atomic mass is 16.5. The van der Waals surface area contributed by atoms with Crippen LogP contribution in [0.1, 0.15) is 30.7 Å². The Bertz CT molecular complexity index is 437. The van der Waals surface area contributed by atoms with Crippen molar-refractivity contribution in [1.29, 1.82) is 0 Å². The number of methoxy groups -OCH3 is 1. The number of carbonyl (C=O) groups is 1. The molecule has 19 heavy (non-hydrogen) atoms. The van der Waals surface area contributed by atoms with Gasteiger partial charge in [-0.3, -0.25) is 4.79 Å². The lowest BCUT2D eigenvalue weighted by Gasteiger charge is -2.19. The zero-order valence-corrected chi connectivity index (χ0v) is 11.4. The molecule has 0 fully saturated rings. The molecule has 0 aromatic carbocycles. The fourth-order valence-corrected chi connectivity index (χ4v) is 1.74. The van der Waals surface area contributed by atoms with Crippen molar-refractivity contribution in [3.05, 3.63) is 23.4 Å². The van der Waals surface area contributed by atoms with Gasteiger partial charge in [-0.15, -0.1) is 0 Å². The Balaban J connectivity index is 2.65. The lowest BCUT2D eigenvalue weighted by atomic mass is 10.0. The Morgan fingerprint density at radius 2 is 2.16 bits per heavy atom. The first-order valence-corrected chi connectivity index (χ1v) is 6.07. The van der Waals surface area contributed by atoms with Crippen molar-refractivity contribution < 1.29 is 19.7 Å². The average molecular weight is 268 g/mol. The molecule has 0 bridgehead atoms. The van der Waals surface area contributed by atoms with Crippen LogP contribution in [0.4, 0.5) is 0 Å². The van der Waals surface area contributed by atoms with Crippen LogP contribution < -0.4 is 10.1 Å². The first-order chi connectivity index (χ1) is 8.95. The van der Waals surface area contributed by atoms with Gasteiger partial charge in [-0.05, 0) is 19.4 Å². The molecule has 2 atom stereocenters. The summed E-state index contributed by atoms with van der Waals surface area (Å²) in [4.78, 5) is 14.9. The summed E-state index contributed by atoms with van der Waals surface area (Å²) in [6, 6.07) is 3.31. The number of hydrogen-bond acceptors (Lipinski definition) is 5. The maximum absolute atomic E-state index is 10.7. The van der Waals surface area contributed by atoms with Gasteiger partial charge in [0.1, 0.15) is 6.10 Å². The van der Waals surface area contributed by atoms with E-state index in [0.29, 0.717) is 23.7 Å². The molecule has 0 saturated carbocycles. The number of aromatic nitrogens is 1. The molecule has 6 heteroatoms. The van der Waals surface area contributed by atoms with E-state index >= 15 is 0 Å². The van der Waals surface area contributed by atoms with Gasteiger partial charge in [0.25, 0.3) is 0 Å². The molecular weight excluding hydrogens is 248 g/mol. The van der Waals surface area contributed by atoms with E-state index in [9.17, 15) is 15.0 Å². The monoisotopic (exact) mass is 268 g/mol. The highest BCUT2D eigenvalue weighted by Crippen LogP contribution is 2.23. The molecule has 0 saturated heterocycles. The van der Waals surface area contributed by atoms with Crippen LogP contribution in [0.3, 0.4) is 0 Å². The van der Waals surface area contributed by atoms with Crippen LogP contribution in [-0.4, -0.2) is 40.9 Å². The molecule has 0 radical (unpaired) electrons. The van der Waals surface area contributed by atoms with E-state index in [2.05, 4.69) is 10.3 Å². The van der Waals surface area contributed by atoms with Gasteiger partial charge in [0.15, 0.2) is 0 Å². The Morgan fingerprint density at radius 1 is 1.47 bits per heavy atom. The van der Waals surface area contributed by atoms with Gasteiger partial charge in [-0.2, -0.15) is 0 Å². The molecule has 6 nitrogen and oxygen atoms in total. The Hall–Kier alpha value is -1.66. The van der Waals surface area contributed by atoms with Crippen LogP contribution in [0.25, 0.3) is 0 Å². The number of amides is 1. The summed E-state index contributed by atoms with van der Waals surface area (Å²) < 4.78 is 4.98. The zero-order chi connectivity index (χ0) is 14.4. The van der Waals surface area contributed by atoms with Crippen molar-refractivity contribution in [3.8, 4) is 5.88 Å². The van der Waals surface area contributed by atoms with Crippen LogP contribution >= 0.6 is 0 Å². The molecule has 3 N–H and O–H groups in total. The molecule has 0 spiro atoms. The number of carbonyl (C=O) groups excluding carboxylic acids is 1. The highest BCUT2D eigenvalue weighted by molar-refractivity contribution is 5.72. The number of hydrogen-bond donors (Lipinski definition) is 3. The molecule has 2 unspecified atom stereocenters. The fraction of sp³-hybridized carbons (Fsp3) is 0.538. The fourth-order valence-electron chi connectivity index (χ4n) is 1.74. The number of nitrogens with one attached hydrogen (secondary N) is 1. The van der Waals surface area contributed by atoms with Crippen molar-refractivity contribution >= 4 is 5.91 Å². The molecule has 1 amide bonds. The van der Waals surface area contributed by atoms with Gasteiger partial charge >= 0.3 is 0 Å². The Kier molecular flexibility index (Phi) is 5.72. The van der Waals surface area contributed by atoms with Gasteiger partial charge in [0.05, 0.1) is 13.2 Å². The molecule has 0 aliphatic rings. The number of ether oxygens (including phenoxy) is 1. The minimum absolute atomic E-state index is 0.163. The third-order valence-electron chi connectivity index (χ3n) is 2.81. The summed E-state index contributed by atoms with van der Waals surface area (Å²) in [5, 5.41) is 22.5. The van der Waals surface area contributed by atoms with Gasteiger partial charge in [0, 0.05) is 30.8 Å². The smallest absolute Gasteiger partial charge is 0.216 e. The van der Waals surface area contributed by atoms with Gasteiger partial charge < -0.3 is 20.3 Å². The number of pyridine rings is 1. The van der Waals surface area contributed by atoms with Crippen LogP contribution in [0.2, 0.25) is 0 Å². The van der Waals surface area contributed by atoms with Crippen LogP contribution in [0, 0.1) is 6.92 Å². The first kappa shape index (κ1) is 15.4. The predicted molar refractivity (Wildman–Crippen MR) is 69.8 cm³/mol. The topological polar surface area (TPSA) is 91.7 Å². The predicted octanol–water partition coefficient (Wildman–Crippen LogP) is 0.319. The number of rotatable bonds is 6. The third kappa shape index (κ3) is 4.50. The summed E-state index contributed by atoms with van der Waals surface area (Å²) in [5.74, 6) is 0.296. The SMILES string of the molecule is COc1ccc(C(O)C(O)CCNC(C)=O)c(C)n1. The number of aliphatic hydroxyl groups is 2. The maximum atomic E-state index is 10.7. The molecule has 1 rings (SSSR count).